The lowest BCUT2D eigenvalue weighted by Crippen LogP contribution is -2.68. The SMILES string of the molecule is COCC(NC1C2CCOC2C1(C)C)C(C)C. The van der Waals surface area contributed by atoms with Crippen molar-refractivity contribution in [2.24, 2.45) is 17.3 Å². The van der Waals surface area contributed by atoms with E-state index in [1.54, 1.807) is 7.11 Å². The first kappa shape index (κ1) is 13.3. The molecular formula is C14H27NO2. The third-order valence-electron chi connectivity index (χ3n) is 4.65. The highest BCUT2D eigenvalue weighted by molar-refractivity contribution is 5.11. The van der Waals surface area contributed by atoms with Crippen molar-refractivity contribution in [2.45, 2.75) is 52.3 Å². The zero-order chi connectivity index (χ0) is 12.6. The average Bonchev–Trinajstić information content (AvgIpc) is 2.70. The smallest absolute Gasteiger partial charge is 0.0685 e. The summed E-state index contributed by atoms with van der Waals surface area (Å²) in [6.07, 6.45) is 1.68. The Hall–Kier alpha value is -0.120. The van der Waals surface area contributed by atoms with Gasteiger partial charge in [-0.2, -0.15) is 0 Å². The van der Waals surface area contributed by atoms with E-state index in [9.17, 15) is 0 Å². The van der Waals surface area contributed by atoms with E-state index in [0.717, 1.165) is 13.2 Å². The summed E-state index contributed by atoms with van der Waals surface area (Å²) >= 11 is 0. The summed E-state index contributed by atoms with van der Waals surface area (Å²) in [4.78, 5) is 0. The minimum Gasteiger partial charge on any atom is -0.383 e. The fraction of sp³-hybridized carbons (Fsp3) is 1.00. The van der Waals surface area contributed by atoms with Gasteiger partial charge in [-0.25, -0.2) is 0 Å². The third kappa shape index (κ3) is 2.25. The lowest BCUT2D eigenvalue weighted by molar-refractivity contribution is -0.118. The quantitative estimate of drug-likeness (QED) is 0.799. The fourth-order valence-electron chi connectivity index (χ4n) is 3.51. The molecule has 1 aliphatic carbocycles. The van der Waals surface area contributed by atoms with Gasteiger partial charge in [-0.05, 0) is 12.3 Å². The number of rotatable bonds is 5. The molecule has 0 amide bonds. The molecule has 1 N–H and O–H groups in total. The van der Waals surface area contributed by atoms with Crippen molar-refractivity contribution in [1.82, 2.24) is 5.32 Å². The van der Waals surface area contributed by atoms with Crippen molar-refractivity contribution < 1.29 is 9.47 Å². The van der Waals surface area contributed by atoms with E-state index in [0.29, 0.717) is 30.0 Å². The molecule has 0 aromatic rings. The molecule has 4 atom stereocenters. The summed E-state index contributed by atoms with van der Waals surface area (Å²) in [5, 5.41) is 3.81. The van der Waals surface area contributed by atoms with Gasteiger partial charge in [-0.3, -0.25) is 0 Å². The van der Waals surface area contributed by atoms with Crippen molar-refractivity contribution in [1.29, 1.82) is 0 Å². The molecule has 100 valence electrons. The maximum Gasteiger partial charge on any atom is 0.0685 e. The van der Waals surface area contributed by atoms with Gasteiger partial charge in [0, 0.05) is 37.1 Å². The molecule has 1 heterocycles. The van der Waals surface area contributed by atoms with Crippen LogP contribution in [0.1, 0.15) is 34.1 Å². The Bertz CT molecular complexity index is 265. The second-order valence-electron chi connectivity index (χ2n) is 6.52. The summed E-state index contributed by atoms with van der Waals surface area (Å²) < 4.78 is 11.1. The summed E-state index contributed by atoms with van der Waals surface area (Å²) in [6, 6.07) is 1.03. The van der Waals surface area contributed by atoms with Gasteiger partial charge < -0.3 is 14.8 Å². The number of nitrogens with one attached hydrogen (secondary N) is 1. The van der Waals surface area contributed by atoms with Crippen LogP contribution in [0.3, 0.4) is 0 Å². The van der Waals surface area contributed by atoms with E-state index in [4.69, 9.17) is 9.47 Å². The molecule has 2 aliphatic rings. The van der Waals surface area contributed by atoms with Crippen molar-refractivity contribution >= 4 is 0 Å². The van der Waals surface area contributed by atoms with E-state index in [2.05, 4.69) is 33.0 Å². The van der Waals surface area contributed by atoms with Crippen LogP contribution < -0.4 is 5.32 Å². The molecule has 2 fully saturated rings. The Morgan fingerprint density at radius 1 is 1.41 bits per heavy atom. The van der Waals surface area contributed by atoms with Crippen LogP contribution in [0.2, 0.25) is 0 Å². The summed E-state index contributed by atoms with van der Waals surface area (Å²) in [6.45, 7) is 10.9. The van der Waals surface area contributed by atoms with Gasteiger partial charge in [-0.1, -0.05) is 27.7 Å². The number of hydrogen-bond acceptors (Lipinski definition) is 3. The second kappa shape index (κ2) is 4.87. The standard InChI is InChI=1S/C14H27NO2/c1-9(2)11(8-16-5)15-12-10-6-7-17-13(10)14(12,3)4/h9-13,15H,6-8H2,1-5H3. The predicted molar refractivity (Wildman–Crippen MR) is 69.1 cm³/mol. The zero-order valence-electron chi connectivity index (χ0n) is 11.8. The Kier molecular flexibility index (Phi) is 3.81. The van der Waals surface area contributed by atoms with Gasteiger partial charge in [0.25, 0.3) is 0 Å². The highest BCUT2D eigenvalue weighted by Gasteiger charge is 2.59. The molecule has 2 rings (SSSR count). The molecule has 0 aromatic carbocycles. The van der Waals surface area contributed by atoms with Crippen LogP contribution in [0.15, 0.2) is 0 Å². The Labute approximate surface area is 105 Å². The van der Waals surface area contributed by atoms with Crippen molar-refractivity contribution in [3.05, 3.63) is 0 Å². The lowest BCUT2D eigenvalue weighted by atomic mass is 9.57. The monoisotopic (exact) mass is 241 g/mol. The Morgan fingerprint density at radius 2 is 2.12 bits per heavy atom. The summed E-state index contributed by atoms with van der Waals surface area (Å²) in [5.41, 5.74) is 0.266. The first-order chi connectivity index (χ1) is 7.98. The van der Waals surface area contributed by atoms with E-state index in [1.165, 1.54) is 6.42 Å². The second-order valence-corrected chi connectivity index (χ2v) is 6.52. The summed E-state index contributed by atoms with van der Waals surface area (Å²) in [7, 11) is 1.78. The van der Waals surface area contributed by atoms with Gasteiger partial charge >= 0.3 is 0 Å². The molecule has 3 nitrogen and oxygen atoms in total. The van der Waals surface area contributed by atoms with Crippen LogP contribution in [0.25, 0.3) is 0 Å². The van der Waals surface area contributed by atoms with Gasteiger partial charge in [0.1, 0.15) is 0 Å². The molecule has 17 heavy (non-hydrogen) atoms. The van der Waals surface area contributed by atoms with E-state index in [-0.39, 0.29) is 5.41 Å². The van der Waals surface area contributed by atoms with Crippen molar-refractivity contribution in [3.8, 4) is 0 Å². The number of fused-ring (bicyclic) bond motifs is 1. The van der Waals surface area contributed by atoms with Gasteiger partial charge in [-0.15, -0.1) is 0 Å². The molecule has 0 bridgehead atoms. The number of ether oxygens (including phenoxy) is 2. The first-order valence-electron chi connectivity index (χ1n) is 6.85. The van der Waals surface area contributed by atoms with Crippen LogP contribution >= 0.6 is 0 Å². The Balaban J connectivity index is 1.98. The van der Waals surface area contributed by atoms with Crippen LogP contribution in [0.5, 0.6) is 0 Å². The highest BCUT2D eigenvalue weighted by Crippen LogP contribution is 2.52. The zero-order valence-corrected chi connectivity index (χ0v) is 11.8. The molecule has 3 heteroatoms. The van der Waals surface area contributed by atoms with Gasteiger partial charge in [0.2, 0.25) is 0 Å². The third-order valence-corrected chi connectivity index (χ3v) is 4.65. The van der Waals surface area contributed by atoms with Gasteiger partial charge in [0.05, 0.1) is 12.7 Å². The highest BCUT2D eigenvalue weighted by atomic mass is 16.5. The number of methoxy groups -OCH3 is 1. The normalized spacial score (nSPS) is 36.7. The molecule has 0 radical (unpaired) electrons. The maximum atomic E-state index is 5.83. The van der Waals surface area contributed by atoms with E-state index < -0.39 is 0 Å². The lowest BCUT2D eigenvalue weighted by Gasteiger charge is -2.56. The first-order valence-corrected chi connectivity index (χ1v) is 6.85. The molecular weight excluding hydrogens is 214 g/mol. The van der Waals surface area contributed by atoms with Crippen molar-refractivity contribution in [3.63, 3.8) is 0 Å². The molecule has 1 saturated heterocycles. The van der Waals surface area contributed by atoms with Crippen LogP contribution in [0, 0.1) is 17.3 Å². The Morgan fingerprint density at radius 3 is 2.71 bits per heavy atom. The number of hydrogen-bond donors (Lipinski definition) is 1. The largest absolute Gasteiger partial charge is 0.383 e. The topological polar surface area (TPSA) is 30.5 Å². The van der Waals surface area contributed by atoms with Gasteiger partial charge in [0.15, 0.2) is 0 Å². The summed E-state index contributed by atoms with van der Waals surface area (Å²) in [5.74, 6) is 1.32. The molecule has 0 aromatic heterocycles. The van der Waals surface area contributed by atoms with Crippen molar-refractivity contribution in [2.75, 3.05) is 20.3 Å². The average molecular weight is 241 g/mol. The van der Waals surface area contributed by atoms with Crippen LogP contribution in [-0.4, -0.2) is 38.5 Å². The minimum atomic E-state index is 0.266. The fourth-order valence-corrected chi connectivity index (χ4v) is 3.51. The molecule has 1 saturated carbocycles. The molecule has 4 unspecified atom stereocenters. The predicted octanol–water partition coefficient (Wildman–Crippen LogP) is 2.06. The van der Waals surface area contributed by atoms with Crippen LogP contribution in [0.4, 0.5) is 0 Å². The molecule has 1 aliphatic heterocycles. The molecule has 0 spiro atoms. The van der Waals surface area contributed by atoms with E-state index >= 15 is 0 Å². The minimum absolute atomic E-state index is 0.266. The van der Waals surface area contributed by atoms with Crippen LogP contribution in [-0.2, 0) is 9.47 Å². The maximum absolute atomic E-state index is 5.83. The van der Waals surface area contributed by atoms with E-state index in [1.807, 2.05) is 0 Å².